The van der Waals surface area contributed by atoms with Crippen LogP contribution in [0.3, 0.4) is 0 Å². The molecule has 0 radical (unpaired) electrons. The van der Waals surface area contributed by atoms with E-state index < -0.39 is 0 Å². The van der Waals surface area contributed by atoms with Crippen molar-refractivity contribution in [3.05, 3.63) is 0 Å². The molecule has 1 amide bonds. The summed E-state index contributed by atoms with van der Waals surface area (Å²) in [5, 5.41) is 3.08. The molecule has 2 saturated carbocycles. The number of rotatable bonds is 3. The minimum absolute atomic E-state index is 0.314. The van der Waals surface area contributed by atoms with Crippen molar-refractivity contribution < 1.29 is 4.79 Å². The first-order chi connectivity index (χ1) is 6.18. The zero-order valence-electron chi connectivity index (χ0n) is 8.60. The highest BCUT2D eigenvalue weighted by atomic mass is 16.2. The molecule has 1 spiro atoms. The first kappa shape index (κ1) is 9.04. The number of carbonyl (C=O) groups excluding carboxylic acids is 1. The van der Waals surface area contributed by atoms with E-state index in [1.54, 1.807) is 0 Å². The number of amides is 1. The standard InChI is InChI=1S/C11H19NO/c1-3-8(2)12-10(13)9-7-11(9)5-4-6-11/h8-9H,3-7H2,1-2H3,(H,12,13). The quantitative estimate of drug-likeness (QED) is 0.709. The van der Waals surface area contributed by atoms with Gasteiger partial charge in [0.2, 0.25) is 5.91 Å². The molecule has 0 bridgehead atoms. The molecule has 1 N–H and O–H groups in total. The molecule has 0 aromatic rings. The predicted octanol–water partition coefficient (Wildman–Crippen LogP) is 2.09. The van der Waals surface area contributed by atoms with E-state index in [1.165, 1.54) is 19.3 Å². The van der Waals surface area contributed by atoms with Crippen molar-refractivity contribution in [2.75, 3.05) is 0 Å². The molecule has 74 valence electrons. The van der Waals surface area contributed by atoms with Crippen LogP contribution in [0.4, 0.5) is 0 Å². The third-order valence-electron chi connectivity index (χ3n) is 3.86. The summed E-state index contributed by atoms with van der Waals surface area (Å²) < 4.78 is 0. The van der Waals surface area contributed by atoms with Crippen molar-refractivity contribution in [1.29, 1.82) is 0 Å². The smallest absolute Gasteiger partial charge is 0.223 e. The van der Waals surface area contributed by atoms with Gasteiger partial charge in [0, 0.05) is 12.0 Å². The normalized spacial score (nSPS) is 30.8. The molecule has 2 fully saturated rings. The van der Waals surface area contributed by atoms with Crippen LogP contribution in [-0.2, 0) is 4.79 Å². The lowest BCUT2D eigenvalue weighted by Crippen LogP contribution is -2.35. The van der Waals surface area contributed by atoms with Crippen molar-refractivity contribution in [3.8, 4) is 0 Å². The number of hydrogen-bond acceptors (Lipinski definition) is 1. The topological polar surface area (TPSA) is 29.1 Å². The molecule has 2 rings (SSSR count). The van der Waals surface area contributed by atoms with Crippen molar-refractivity contribution in [3.63, 3.8) is 0 Å². The van der Waals surface area contributed by atoms with Gasteiger partial charge in [0.25, 0.3) is 0 Å². The SMILES string of the molecule is CCC(C)NC(=O)C1CC12CCC2. The summed E-state index contributed by atoms with van der Waals surface area (Å²) in [5.74, 6) is 0.685. The Bertz CT molecular complexity index is 220. The largest absolute Gasteiger partial charge is 0.353 e. The van der Waals surface area contributed by atoms with Crippen LogP contribution in [0.1, 0.15) is 46.0 Å². The lowest BCUT2D eigenvalue weighted by Gasteiger charge is -2.26. The molecular formula is C11H19NO. The average molecular weight is 181 g/mol. The van der Waals surface area contributed by atoms with Gasteiger partial charge in [0.05, 0.1) is 0 Å². The van der Waals surface area contributed by atoms with Gasteiger partial charge >= 0.3 is 0 Å². The molecule has 2 nitrogen and oxygen atoms in total. The van der Waals surface area contributed by atoms with E-state index in [-0.39, 0.29) is 0 Å². The van der Waals surface area contributed by atoms with E-state index in [4.69, 9.17) is 0 Å². The van der Waals surface area contributed by atoms with E-state index >= 15 is 0 Å². The van der Waals surface area contributed by atoms with Crippen LogP contribution in [0, 0.1) is 11.3 Å². The Labute approximate surface area is 80.1 Å². The van der Waals surface area contributed by atoms with Gasteiger partial charge in [-0.25, -0.2) is 0 Å². The third-order valence-corrected chi connectivity index (χ3v) is 3.86. The number of nitrogens with one attached hydrogen (secondary N) is 1. The Morgan fingerprint density at radius 2 is 2.31 bits per heavy atom. The van der Waals surface area contributed by atoms with Crippen molar-refractivity contribution in [1.82, 2.24) is 5.32 Å². The Balaban J connectivity index is 1.79. The van der Waals surface area contributed by atoms with Crippen LogP contribution in [0.25, 0.3) is 0 Å². The van der Waals surface area contributed by atoms with Gasteiger partial charge in [-0.05, 0) is 38.0 Å². The van der Waals surface area contributed by atoms with Gasteiger partial charge in [-0.3, -0.25) is 4.79 Å². The van der Waals surface area contributed by atoms with Crippen molar-refractivity contribution in [2.45, 2.75) is 52.0 Å². The molecule has 2 aliphatic carbocycles. The maximum absolute atomic E-state index is 11.7. The molecule has 0 heterocycles. The van der Waals surface area contributed by atoms with Crippen LogP contribution in [0.5, 0.6) is 0 Å². The molecule has 2 atom stereocenters. The second kappa shape index (κ2) is 3.00. The maximum atomic E-state index is 11.7. The van der Waals surface area contributed by atoms with Crippen molar-refractivity contribution >= 4 is 5.91 Å². The fourth-order valence-electron chi connectivity index (χ4n) is 2.35. The van der Waals surface area contributed by atoms with Crippen LogP contribution >= 0.6 is 0 Å². The average Bonchev–Trinajstić information content (AvgIpc) is 2.77. The van der Waals surface area contributed by atoms with Crippen LogP contribution in [-0.4, -0.2) is 11.9 Å². The molecule has 0 aromatic heterocycles. The summed E-state index contributed by atoms with van der Waals surface area (Å²) in [6, 6.07) is 0.352. The Hall–Kier alpha value is -0.530. The van der Waals surface area contributed by atoms with Gasteiger partial charge < -0.3 is 5.32 Å². The van der Waals surface area contributed by atoms with Gasteiger partial charge in [0.1, 0.15) is 0 Å². The second-order valence-corrected chi connectivity index (χ2v) is 4.79. The summed E-state index contributed by atoms with van der Waals surface area (Å²) >= 11 is 0. The van der Waals surface area contributed by atoms with Crippen LogP contribution in [0.2, 0.25) is 0 Å². The molecule has 2 unspecified atom stereocenters. The zero-order valence-corrected chi connectivity index (χ0v) is 8.60. The first-order valence-electron chi connectivity index (χ1n) is 5.48. The highest BCUT2D eigenvalue weighted by Crippen LogP contribution is 2.65. The van der Waals surface area contributed by atoms with Gasteiger partial charge in [-0.15, -0.1) is 0 Å². The fraction of sp³-hybridized carbons (Fsp3) is 0.909. The predicted molar refractivity (Wildman–Crippen MR) is 52.3 cm³/mol. The molecule has 2 aliphatic rings. The Morgan fingerprint density at radius 3 is 2.69 bits per heavy atom. The lowest BCUT2D eigenvalue weighted by atomic mass is 9.79. The minimum Gasteiger partial charge on any atom is -0.353 e. The molecule has 2 heteroatoms. The van der Waals surface area contributed by atoms with E-state index in [9.17, 15) is 4.79 Å². The number of hydrogen-bond donors (Lipinski definition) is 1. The van der Waals surface area contributed by atoms with Gasteiger partial charge in [-0.1, -0.05) is 13.3 Å². The van der Waals surface area contributed by atoms with Gasteiger partial charge in [-0.2, -0.15) is 0 Å². The zero-order chi connectivity index (χ0) is 9.47. The minimum atomic E-state index is 0.314. The third kappa shape index (κ3) is 1.47. The van der Waals surface area contributed by atoms with E-state index in [0.29, 0.717) is 23.3 Å². The highest BCUT2D eigenvalue weighted by Gasteiger charge is 2.60. The fourth-order valence-corrected chi connectivity index (χ4v) is 2.35. The molecular weight excluding hydrogens is 162 g/mol. The van der Waals surface area contributed by atoms with Crippen LogP contribution in [0.15, 0.2) is 0 Å². The van der Waals surface area contributed by atoms with Crippen LogP contribution < -0.4 is 5.32 Å². The molecule has 0 saturated heterocycles. The van der Waals surface area contributed by atoms with E-state index in [2.05, 4.69) is 19.2 Å². The van der Waals surface area contributed by atoms with E-state index in [0.717, 1.165) is 12.8 Å². The maximum Gasteiger partial charge on any atom is 0.223 e. The summed E-state index contributed by atoms with van der Waals surface area (Å²) in [4.78, 5) is 11.7. The van der Waals surface area contributed by atoms with Gasteiger partial charge in [0.15, 0.2) is 0 Å². The molecule has 0 aromatic carbocycles. The summed E-state index contributed by atoms with van der Waals surface area (Å²) in [6.45, 7) is 4.19. The Morgan fingerprint density at radius 1 is 1.62 bits per heavy atom. The first-order valence-corrected chi connectivity index (χ1v) is 5.48. The summed E-state index contributed by atoms with van der Waals surface area (Å²) in [5.41, 5.74) is 0.484. The number of carbonyl (C=O) groups is 1. The van der Waals surface area contributed by atoms with Crippen molar-refractivity contribution in [2.24, 2.45) is 11.3 Å². The molecule has 13 heavy (non-hydrogen) atoms. The highest BCUT2D eigenvalue weighted by molar-refractivity contribution is 5.83. The summed E-state index contributed by atoms with van der Waals surface area (Å²) in [6.07, 6.45) is 6.13. The summed E-state index contributed by atoms with van der Waals surface area (Å²) in [7, 11) is 0. The Kier molecular flexibility index (Phi) is 2.09. The van der Waals surface area contributed by atoms with E-state index in [1.807, 2.05) is 0 Å². The monoisotopic (exact) mass is 181 g/mol. The second-order valence-electron chi connectivity index (χ2n) is 4.79. The molecule has 0 aliphatic heterocycles. The lowest BCUT2D eigenvalue weighted by molar-refractivity contribution is -0.124.